The first-order valence-electron chi connectivity index (χ1n) is 8.90. The number of likely N-dealkylation sites (tertiary alicyclic amines) is 1. The number of aliphatic imine (C=N–C) groups is 1. The van der Waals surface area contributed by atoms with Gasteiger partial charge < -0.3 is 10.6 Å². The summed E-state index contributed by atoms with van der Waals surface area (Å²) in [6, 6.07) is 0. The molecule has 0 aliphatic carbocycles. The van der Waals surface area contributed by atoms with Crippen molar-refractivity contribution < 1.29 is 9.59 Å². The van der Waals surface area contributed by atoms with E-state index in [1.54, 1.807) is 0 Å². The highest BCUT2D eigenvalue weighted by atomic mass is 127. The molecular formula is C17H33IN4O2. The summed E-state index contributed by atoms with van der Waals surface area (Å²) >= 11 is 0. The zero-order valence-corrected chi connectivity index (χ0v) is 17.6. The fourth-order valence-electron chi connectivity index (χ4n) is 2.53. The van der Waals surface area contributed by atoms with Crippen LogP contribution in [0.2, 0.25) is 0 Å². The lowest BCUT2D eigenvalue weighted by molar-refractivity contribution is -0.147. The molecule has 140 valence electrons. The smallest absolute Gasteiger partial charge is 0.229 e. The number of carbonyl (C=O) groups is 2. The van der Waals surface area contributed by atoms with E-state index < -0.39 is 0 Å². The topological polar surface area (TPSA) is 73.8 Å². The number of halogens is 1. The van der Waals surface area contributed by atoms with Crippen molar-refractivity contribution in [3.05, 3.63) is 0 Å². The lowest BCUT2D eigenvalue weighted by atomic mass is 10.1. The zero-order chi connectivity index (χ0) is 17.1. The fourth-order valence-corrected chi connectivity index (χ4v) is 2.53. The molecule has 0 aromatic carbocycles. The third kappa shape index (κ3) is 9.44. The molecule has 0 aromatic heterocycles. The Bertz CT molecular complexity index is 397. The highest BCUT2D eigenvalue weighted by Gasteiger charge is 2.25. The minimum Gasteiger partial charge on any atom is -0.357 e. The Hall–Kier alpha value is -0.860. The van der Waals surface area contributed by atoms with Crippen molar-refractivity contribution in [1.82, 2.24) is 15.5 Å². The lowest BCUT2D eigenvalue weighted by Gasteiger charge is -2.25. The van der Waals surface area contributed by atoms with E-state index in [4.69, 9.17) is 0 Å². The first-order valence-corrected chi connectivity index (χ1v) is 8.90. The third-order valence-electron chi connectivity index (χ3n) is 3.81. The summed E-state index contributed by atoms with van der Waals surface area (Å²) in [6.45, 7) is 9.03. The van der Waals surface area contributed by atoms with Gasteiger partial charge in [0.05, 0.1) is 0 Å². The van der Waals surface area contributed by atoms with Crippen LogP contribution in [0.15, 0.2) is 4.99 Å². The van der Waals surface area contributed by atoms with Gasteiger partial charge in [-0.1, -0.05) is 26.7 Å². The van der Waals surface area contributed by atoms with Gasteiger partial charge in [-0.2, -0.15) is 0 Å². The standard InChI is InChI=1S/C17H32N4O2.HI/c1-4-18-17(19-11-6-5-8-14(2)3)20-12-13-21-15(22)9-7-10-16(21)23;/h14H,4-13H2,1-3H3,(H2,18,19,20);1H. The summed E-state index contributed by atoms with van der Waals surface area (Å²) in [7, 11) is 0. The summed E-state index contributed by atoms with van der Waals surface area (Å²) in [5.41, 5.74) is 0. The minimum absolute atomic E-state index is 0. The van der Waals surface area contributed by atoms with Gasteiger partial charge in [0.25, 0.3) is 0 Å². The Balaban J connectivity index is 0.00000529. The maximum absolute atomic E-state index is 11.7. The van der Waals surface area contributed by atoms with Crippen LogP contribution < -0.4 is 10.6 Å². The molecule has 24 heavy (non-hydrogen) atoms. The van der Waals surface area contributed by atoms with Crippen molar-refractivity contribution >= 4 is 41.8 Å². The third-order valence-corrected chi connectivity index (χ3v) is 3.81. The van der Waals surface area contributed by atoms with E-state index in [9.17, 15) is 9.59 Å². The number of unbranched alkanes of at least 4 members (excludes halogenated alkanes) is 1. The van der Waals surface area contributed by atoms with E-state index in [0.29, 0.717) is 32.4 Å². The quantitative estimate of drug-likeness (QED) is 0.185. The average Bonchev–Trinajstić information content (AvgIpc) is 2.49. The molecule has 1 aliphatic rings. The molecule has 0 unspecified atom stereocenters. The van der Waals surface area contributed by atoms with Gasteiger partial charge in [0, 0.05) is 39.0 Å². The molecule has 1 heterocycles. The molecule has 1 rings (SSSR count). The van der Waals surface area contributed by atoms with Gasteiger partial charge in [0.1, 0.15) is 0 Å². The maximum Gasteiger partial charge on any atom is 0.229 e. The molecule has 0 aromatic rings. The Kier molecular flexibility index (Phi) is 13.0. The van der Waals surface area contributed by atoms with Gasteiger partial charge in [-0.05, 0) is 25.7 Å². The van der Waals surface area contributed by atoms with Crippen molar-refractivity contribution in [3.8, 4) is 0 Å². The Morgan fingerprint density at radius 3 is 2.42 bits per heavy atom. The second kappa shape index (κ2) is 13.4. The number of amides is 2. The van der Waals surface area contributed by atoms with Gasteiger partial charge in [0.15, 0.2) is 5.96 Å². The van der Waals surface area contributed by atoms with Gasteiger partial charge in [0.2, 0.25) is 11.8 Å². The summed E-state index contributed by atoms with van der Waals surface area (Å²) in [5.74, 6) is 1.39. The monoisotopic (exact) mass is 452 g/mol. The Labute approximate surface area is 163 Å². The number of hydrogen-bond acceptors (Lipinski definition) is 3. The molecule has 0 saturated carbocycles. The first-order chi connectivity index (χ1) is 11.0. The number of rotatable bonds is 9. The van der Waals surface area contributed by atoms with E-state index in [0.717, 1.165) is 31.4 Å². The molecule has 2 amide bonds. The molecular weight excluding hydrogens is 419 g/mol. The lowest BCUT2D eigenvalue weighted by Crippen LogP contribution is -2.46. The van der Waals surface area contributed by atoms with Crippen molar-refractivity contribution in [2.24, 2.45) is 10.9 Å². The number of nitrogens with zero attached hydrogens (tertiary/aromatic N) is 2. The number of piperidine rings is 1. The summed E-state index contributed by atoms with van der Waals surface area (Å²) < 4.78 is 0. The molecule has 2 N–H and O–H groups in total. The summed E-state index contributed by atoms with van der Waals surface area (Å²) in [5, 5.41) is 6.39. The predicted octanol–water partition coefficient (Wildman–Crippen LogP) is 2.52. The van der Waals surface area contributed by atoms with Crippen LogP contribution in [0.1, 0.15) is 59.3 Å². The summed E-state index contributed by atoms with van der Waals surface area (Å²) in [4.78, 5) is 29.4. The van der Waals surface area contributed by atoms with Crippen molar-refractivity contribution in [2.75, 3.05) is 26.2 Å². The number of guanidine groups is 1. The number of carbonyl (C=O) groups excluding carboxylic acids is 2. The van der Waals surface area contributed by atoms with Crippen molar-refractivity contribution in [3.63, 3.8) is 0 Å². The van der Waals surface area contributed by atoms with Gasteiger partial charge >= 0.3 is 0 Å². The van der Waals surface area contributed by atoms with E-state index in [-0.39, 0.29) is 35.8 Å². The van der Waals surface area contributed by atoms with Crippen molar-refractivity contribution in [1.29, 1.82) is 0 Å². The zero-order valence-electron chi connectivity index (χ0n) is 15.3. The van der Waals surface area contributed by atoms with E-state index >= 15 is 0 Å². The van der Waals surface area contributed by atoms with Gasteiger partial charge in [-0.15, -0.1) is 24.0 Å². The highest BCUT2D eigenvalue weighted by Crippen LogP contribution is 2.11. The molecule has 0 atom stereocenters. The average molecular weight is 452 g/mol. The molecule has 1 saturated heterocycles. The molecule has 0 radical (unpaired) electrons. The molecule has 0 spiro atoms. The Morgan fingerprint density at radius 2 is 1.83 bits per heavy atom. The van der Waals surface area contributed by atoms with Crippen LogP contribution in [0, 0.1) is 5.92 Å². The molecule has 6 nitrogen and oxygen atoms in total. The molecule has 1 fully saturated rings. The van der Waals surface area contributed by atoms with Crippen LogP contribution in [0.25, 0.3) is 0 Å². The molecule has 0 bridgehead atoms. The van der Waals surface area contributed by atoms with Crippen LogP contribution in [0.4, 0.5) is 0 Å². The van der Waals surface area contributed by atoms with Crippen LogP contribution in [0.3, 0.4) is 0 Å². The number of hydrogen-bond donors (Lipinski definition) is 2. The SMILES string of the molecule is CCNC(=NCCCCC(C)C)NCCN1C(=O)CCCC1=O.I. The van der Waals surface area contributed by atoms with E-state index in [1.807, 2.05) is 6.92 Å². The van der Waals surface area contributed by atoms with Gasteiger partial charge in [-0.25, -0.2) is 0 Å². The van der Waals surface area contributed by atoms with Gasteiger partial charge in [-0.3, -0.25) is 19.5 Å². The second-order valence-electron chi connectivity index (χ2n) is 6.37. The normalized spacial score (nSPS) is 15.5. The van der Waals surface area contributed by atoms with Crippen LogP contribution in [0.5, 0.6) is 0 Å². The minimum atomic E-state index is -0.0568. The van der Waals surface area contributed by atoms with Crippen LogP contribution in [-0.2, 0) is 9.59 Å². The highest BCUT2D eigenvalue weighted by molar-refractivity contribution is 14.0. The predicted molar refractivity (Wildman–Crippen MR) is 109 cm³/mol. The number of nitrogens with one attached hydrogen (secondary N) is 2. The molecule has 1 aliphatic heterocycles. The fraction of sp³-hybridized carbons (Fsp3) is 0.824. The second-order valence-corrected chi connectivity index (χ2v) is 6.37. The van der Waals surface area contributed by atoms with E-state index in [1.165, 1.54) is 17.7 Å². The van der Waals surface area contributed by atoms with Crippen LogP contribution in [-0.4, -0.2) is 48.9 Å². The summed E-state index contributed by atoms with van der Waals surface area (Å²) in [6.07, 6.45) is 5.15. The maximum atomic E-state index is 11.7. The van der Waals surface area contributed by atoms with Crippen LogP contribution >= 0.6 is 24.0 Å². The van der Waals surface area contributed by atoms with E-state index in [2.05, 4.69) is 29.5 Å². The largest absolute Gasteiger partial charge is 0.357 e. The Morgan fingerprint density at radius 1 is 1.17 bits per heavy atom. The number of imide groups is 1. The van der Waals surface area contributed by atoms with Crippen molar-refractivity contribution in [2.45, 2.75) is 59.3 Å². The first kappa shape index (κ1) is 23.1. The molecule has 7 heteroatoms.